The topological polar surface area (TPSA) is 46.3 Å². The Balaban J connectivity index is 2.23. The molecular weight excluding hydrogens is 287 g/mol. The van der Waals surface area contributed by atoms with Gasteiger partial charge in [0.25, 0.3) is 5.91 Å². The monoisotopic (exact) mass is 298 g/mol. The van der Waals surface area contributed by atoms with Gasteiger partial charge in [0.2, 0.25) is 0 Å². The van der Waals surface area contributed by atoms with Crippen LogP contribution in [0.4, 0.5) is 0 Å². The number of pyridine rings is 1. The van der Waals surface area contributed by atoms with Crippen LogP contribution in [-0.4, -0.2) is 22.8 Å². The number of halogens is 2. The molecule has 0 aliphatic heterocycles. The maximum Gasteiger partial charge on any atom is 0.254 e. The maximum absolute atomic E-state index is 12.3. The molecule has 0 saturated carbocycles. The van der Waals surface area contributed by atoms with Gasteiger partial charge >= 0.3 is 0 Å². The Morgan fingerprint density at radius 3 is 2.53 bits per heavy atom. The number of amides is 1. The van der Waals surface area contributed by atoms with Crippen molar-refractivity contribution >= 4 is 29.1 Å². The number of hydrogen-bond donors (Lipinski definition) is 0. The van der Waals surface area contributed by atoms with Gasteiger partial charge in [0, 0.05) is 12.6 Å². The third-order valence-corrected chi connectivity index (χ3v) is 3.25. The molecule has 0 fully saturated rings. The summed E-state index contributed by atoms with van der Waals surface area (Å²) < 4.78 is 5.29. The Hall–Kier alpha value is -1.52. The number of aromatic nitrogens is 1. The number of rotatable bonds is 3. The van der Waals surface area contributed by atoms with E-state index in [9.17, 15) is 4.79 Å². The first-order valence-corrected chi connectivity index (χ1v) is 6.38. The van der Waals surface area contributed by atoms with E-state index in [-0.39, 0.29) is 22.3 Å². The summed E-state index contributed by atoms with van der Waals surface area (Å²) in [5, 5.41) is 0.379. The van der Waals surface area contributed by atoms with Crippen LogP contribution in [0.1, 0.15) is 29.1 Å². The molecule has 1 unspecified atom stereocenters. The van der Waals surface area contributed by atoms with E-state index in [1.165, 1.54) is 12.1 Å². The lowest BCUT2D eigenvalue weighted by atomic mass is 10.2. The van der Waals surface area contributed by atoms with Crippen LogP contribution in [0.5, 0.6) is 0 Å². The van der Waals surface area contributed by atoms with Crippen molar-refractivity contribution < 1.29 is 9.21 Å². The number of nitrogens with zero attached hydrogens (tertiary/aromatic N) is 2. The van der Waals surface area contributed by atoms with Crippen LogP contribution >= 0.6 is 23.2 Å². The van der Waals surface area contributed by atoms with Crippen molar-refractivity contribution in [3.05, 3.63) is 52.2 Å². The smallest absolute Gasteiger partial charge is 0.254 e. The molecule has 19 heavy (non-hydrogen) atoms. The molecule has 0 saturated heterocycles. The van der Waals surface area contributed by atoms with Crippen molar-refractivity contribution in [2.45, 2.75) is 13.0 Å². The van der Waals surface area contributed by atoms with E-state index in [4.69, 9.17) is 27.6 Å². The lowest BCUT2D eigenvalue weighted by Crippen LogP contribution is -2.29. The van der Waals surface area contributed by atoms with Crippen LogP contribution in [0.15, 0.2) is 34.9 Å². The van der Waals surface area contributed by atoms with Crippen molar-refractivity contribution in [1.82, 2.24) is 9.88 Å². The van der Waals surface area contributed by atoms with Gasteiger partial charge < -0.3 is 9.32 Å². The first kappa shape index (κ1) is 13.9. The van der Waals surface area contributed by atoms with Gasteiger partial charge in [-0.15, -0.1) is 0 Å². The first-order chi connectivity index (χ1) is 8.99. The van der Waals surface area contributed by atoms with E-state index in [2.05, 4.69) is 4.98 Å². The van der Waals surface area contributed by atoms with E-state index < -0.39 is 0 Å². The highest BCUT2D eigenvalue weighted by atomic mass is 35.5. The highest BCUT2D eigenvalue weighted by Crippen LogP contribution is 2.22. The van der Waals surface area contributed by atoms with Crippen molar-refractivity contribution in [3.8, 4) is 0 Å². The summed E-state index contributed by atoms with van der Waals surface area (Å²) in [5.41, 5.74) is 0.394. The fraction of sp³-hybridized carbons (Fsp3) is 0.231. The Kier molecular flexibility index (Phi) is 4.12. The van der Waals surface area contributed by atoms with Gasteiger partial charge in [-0.25, -0.2) is 4.98 Å². The molecule has 2 heterocycles. The van der Waals surface area contributed by atoms with Crippen LogP contribution in [0.25, 0.3) is 0 Å². The quantitative estimate of drug-likeness (QED) is 0.809. The molecule has 2 rings (SSSR count). The third-order valence-electron chi connectivity index (χ3n) is 2.87. The summed E-state index contributed by atoms with van der Waals surface area (Å²) in [7, 11) is 1.69. The predicted octanol–water partition coefficient (Wildman–Crippen LogP) is 3.81. The summed E-state index contributed by atoms with van der Waals surface area (Å²) in [6.07, 6.45) is 1.57. The highest BCUT2D eigenvalue weighted by molar-refractivity contribution is 6.33. The molecule has 0 N–H and O–H groups in total. The predicted molar refractivity (Wildman–Crippen MR) is 73.5 cm³/mol. The van der Waals surface area contributed by atoms with Crippen molar-refractivity contribution in [2.24, 2.45) is 0 Å². The number of carbonyl (C=O) groups is 1. The molecule has 0 spiro atoms. The standard InChI is InChI=1S/C13H12Cl2N2O2/c1-8(10-4-3-5-19-10)17(2)13(18)9-6-11(14)16-12(15)7-9/h3-8H,1-2H3. The second-order valence-electron chi connectivity index (χ2n) is 4.11. The summed E-state index contributed by atoms with van der Waals surface area (Å²) in [5.74, 6) is 0.511. The molecule has 1 amide bonds. The van der Waals surface area contributed by atoms with Crippen LogP contribution in [-0.2, 0) is 0 Å². The van der Waals surface area contributed by atoms with Crippen molar-refractivity contribution in [2.75, 3.05) is 7.05 Å². The van der Waals surface area contributed by atoms with E-state index >= 15 is 0 Å². The fourth-order valence-corrected chi connectivity index (χ4v) is 2.15. The maximum atomic E-state index is 12.3. The van der Waals surface area contributed by atoms with E-state index in [0.717, 1.165) is 0 Å². The van der Waals surface area contributed by atoms with Gasteiger partial charge in [-0.05, 0) is 31.2 Å². The van der Waals surface area contributed by atoms with E-state index in [1.807, 2.05) is 13.0 Å². The second kappa shape index (κ2) is 5.63. The van der Waals surface area contributed by atoms with E-state index in [1.54, 1.807) is 24.3 Å². The van der Waals surface area contributed by atoms with Gasteiger partial charge in [0.05, 0.1) is 12.3 Å². The zero-order chi connectivity index (χ0) is 14.0. The number of furan rings is 1. The zero-order valence-corrected chi connectivity index (χ0v) is 11.9. The largest absolute Gasteiger partial charge is 0.467 e. The normalized spacial score (nSPS) is 12.2. The molecule has 1 atom stereocenters. The summed E-state index contributed by atoms with van der Waals surface area (Å²) >= 11 is 11.6. The van der Waals surface area contributed by atoms with E-state index in [0.29, 0.717) is 11.3 Å². The number of hydrogen-bond acceptors (Lipinski definition) is 3. The minimum Gasteiger partial charge on any atom is -0.467 e. The molecule has 0 radical (unpaired) electrons. The first-order valence-electron chi connectivity index (χ1n) is 5.62. The molecular formula is C13H12Cl2N2O2. The minimum absolute atomic E-state index is 0.187. The fourth-order valence-electron chi connectivity index (χ4n) is 1.69. The van der Waals surface area contributed by atoms with Gasteiger partial charge in [0.15, 0.2) is 0 Å². The molecule has 2 aromatic rings. The summed E-state index contributed by atoms with van der Waals surface area (Å²) in [6.45, 7) is 1.88. The average Bonchev–Trinajstić information content (AvgIpc) is 2.88. The molecule has 4 nitrogen and oxygen atoms in total. The second-order valence-corrected chi connectivity index (χ2v) is 4.88. The van der Waals surface area contributed by atoms with Crippen LogP contribution in [0, 0.1) is 0 Å². The molecule has 100 valence electrons. The Labute approximate surface area is 120 Å². The van der Waals surface area contributed by atoms with Crippen molar-refractivity contribution in [1.29, 1.82) is 0 Å². The zero-order valence-electron chi connectivity index (χ0n) is 10.4. The SMILES string of the molecule is CC(c1ccco1)N(C)C(=O)c1cc(Cl)nc(Cl)c1. The van der Waals surface area contributed by atoms with Crippen LogP contribution in [0.3, 0.4) is 0 Å². The van der Waals surface area contributed by atoms with Crippen molar-refractivity contribution in [3.63, 3.8) is 0 Å². The van der Waals surface area contributed by atoms with Crippen LogP contribution < -0.4 is 0 Å². The van der Waals surface area contributed by atoms with Gasteiger partial charge in [0.1, 0.15) is 16.1 Å². The van der Waals surface area contributed by atoms with Gasteiger partial charge in [-0.1, -0.05) is 23.2 Å². The van der Waals surface area contributed by atoms with Gasteiger partial charge in [-0.3, -0.25) is 4.79 Å². The highest BCUT2D eigenvalue weighted by Gasteiger charge is 2.21. The Morgan fingerprint density at radius 2 is 2.00 bits per heavy atom. The summed E-state index contributed by atoms with van der Waals surface area (Å²) in [4.78, 5) is 17.7. The summed E-state index contributed by atoms with van der Waals surface area (Å²) in [6, 6.07) is 6.39. The Bertz CT molecular complexity index is 564. The third kappa shape index (κ3) is 3.08. The van der Waals surface area contributed by atoms with Crippen LogP contribution in [0.2, 0.25) is 10.3 Å². The molecule has 0 aliphatic rings. The molecule has 2 aromatic heterocycles. The lowest BCUT2D eigenvalue weighted by Gasteiger charge is -2.23. The average molecular weight is 299 g/mol. The lowest BCUT2D eigenvalue weighted by molar-refractivity contribution is 0.0726. The molecule has 6 heteroatoms. The number of carbonyl (C=O) groups excluding carboxylic acids is 1. The molecule has 0 aliphatic carbocycles. The Morgan fingerprint density at radius 1 is 1.37 bits per heavy atom. The van der Waals surface area contributed by atoms with Gasteiger partial charge in [-0.2, -0.15) is 0 Å². The molecule has 0 aromatic carbocycles. The minimum atomic E-state index is -0.199. The molecule has 0 bridgehead atoms.